The average molecular weight is 334 g/mol. The molecule has 7 nitrogen and oxygen atoms in total. The van der Waals surface area contributed by atoms with Crippen molar-refractivity contribution in [3.63, 3.8) is 0 Å². The van der Waals surface area contributed by atoms with Crippen LogP contribution in [0.4, 0.5) is 5.69 Å². The van der Waals surface area contributed by atoms with E-state index in [0.29, 0.717) is 23.0 Å². The second-order valence-electron chi connectivity index (χ2n) is 5.66. The molecule has 1 aliphatic rings. The second-order valence-corrected chi connectivity index (χ2v) is 5.66. The van der Waals surface area contributed by atoms with E-state index in [-0.39, 0.29) is 11.5 Å². The lowest BCUT2D eigenvalue weighted by Gasteiger charge is -2.10. The SMILES string of the molecule is O=C(Nc1ccc2nc[nH]c(=O)c2c1)[C@@H]1CC(c2ccccc2)=NO1. The molecular weight excluding hydrogens is 320 g/mol. The number of nitrogens with zero attached hydrogens (tertiary/aromatic N) is 2. The maximum atomic E-state index is 12.4. The van der Waals surface area contributed by atoms with Crippen LogP contribution >= 0.6 is 0 Å². The number of amides is 1. The molecule has 0 bridgehead atoms. The third-order valence-electron chi connectivity index (χ3n) is 3.98. The van der Waals surface area contributed by atoms with E-state index in [1.807, 2.05) is 30.3 Å². The van der Waals surface area contributed by atoms with Crippen LogP contribution < -0.4 is 10.9 Å². The molecule has 25 heavy (non-hydrogen) atoms. The summed E-state index contributed by atoms with van der Waals surface area (Å²) < 4.78 is 0. The van der Waals surface area contributed by atoms with E-state index in [2.05, 4.69) is 20.4 Å². The maximum Gasteiger partial charge on any atom is 0.268 e. The number of aromatic amines is 1. The van der Waals surface area contributed by atoms with Gasteiger partial charge in [0.2, 0.25) is 6.10 Å². The molecule has 124 valence electrons. The van der Waals surface area contributed by atoms with Crippen LogP contribution in [0.5, 0.6) is 0 Å². The van der Waals surface area contributed by atoms with E-state index >= 15 is 0 Å². The Morgan fingerprint density at radius 2 is 2.04 bits per heavy atom. The lowest BCUT2D eigenvalue weighted by Crippen LogP contribution is -2.28. The molecule has 7 heteroatoms. The van der Waals surface area contributed by atoms with Gasteiger partial charge in [0.05, 0.1) is 22.9 Å². The zero-order valence-electron chi connectivity index (χ0n) is 13.1. The molecule has 1 aliphatic heterocycles. The molecule has 0 spiro atoms. The topological polar surface area (TPSA) is 96.4 Å². The van der Waals surface area contributed by atoms with Crippen LogP contribution in [0.25, 0.3) is 10.9 Å². The van der Waals surface area contributed by atoms with Crippen molar-refractivity contribution >= 4 is 28.2 Å². The second kappa shape index (κ2) is 6.20. The summed E-state index contributed by atoms with van der Waals surface area (Å²) in [5.74, 6) is -0.311. The van der Waals surface area contributed by atoms with Crippen molar-refractivity contribution in [3.05, 3.63) is 70.8 Å². The Labute approximate surface area is 142 Å². The van der Waals surface area contributed by atoms with Crippen LogP contribution in [-0.4, -0.2) is 27.7 Å². The van der Waals surface area contributed by atoms with E-state index in [0.717, 1.165) is 11.3 Å². The summed E-state index contributed by atoms with van der Waals surface area (Å²) in [6.45, 7) is 0. The van der Waals surface area contributed by atoms with Gasteiger partial charge in [-0.15, -0.1) is 0 Å². The van der Waals surface area contributed by atoms with Crippen LogP contribution in [0.1, 0.15) is 12.0 Å². The van der Waals surface area contributed by atoms with Crippen molar-refractivity contribution < 1.29 is 9.63 Å². The number of rotatable bonds is 3. The highest BCUT2D eigenvalue weighted by Gasteiger charge is 2.28. The van der Waals surface area contributed by atoms with E-state index in [4.69, 9.17) is 4.84 Å². The van der Waals surface area contributed by atoms with Gasteiger partial charge in [0, 0.05) is 12.1 Å². The summed E-state index contributed by atoms with van der Waals surface area (Å²) in [4.78, 5) is 36.1. The number of carbonyl (C=O) groups is 1. The number of oxime groups is 1. The van der Waals surface area contributed by atoms with Crippen LogP contribution in [-0.2, 0) is 9.63 Å². The molecule has 2 aromatic carbocycles. The number of carbonyl (C=O) groups excluding carboxylic acids is 1. The number of anilines is 1. The fourth-order valence-corrected chi connectivity index (χ4v) is 2.69. The van der Waals surface area contributed by atoms with E-state index in [9.17, 15) is 9.59 Å². The molecule has 2 N–H and O–H groups in total. The highest BCUT2D eigenvalue weighted by molar-refractivity contribution is 6.06. The van der Waals surface area contributed by atoms with Gasteiger partial charge < -0.3 is 15.1 Å². The number of fused-ring (bicyclic) bond motifs is 1. The summed E-state index contributed by atoms with van der Waals surface area (Å²) >= 11 is 0. The average Bonchev–Trinajstić information content (AvgIpc) is 3.13. The zero-order valence-corrected chi connectivity index (χ0v) is 13.1. The van der Waals surface area contributed by atoms with Crippen LogP contribution in [0.15, 0.2) is 64.8 Å². The molecule has 1 amide bonds. The lowest BCUT2D eigenvalue weighted by atomic mass is 10.0. The van der Waals surface area contributed by atoms with Crippen molar-refractivity contribution in [2.24, 2.45) is 5.16 Å². The Hall–Kier alpha value is -3.48. The number of nitrogens with one attached hydrogen (secondary N) is 2. The summed E-state index contributed by atoms with van der Waals surface area (Å²) in [6, 6.07) is 14.5. The third kappa shape index (κ3) is 2.99. The number of hydrogen-bond acceptors (Lipinski definition) is 5. The predicted octanol–water partition coefficient (Wildman–Crippen LogP) is 2.05. The molecule has 0 saturated carbocycles. The molecule has 3 aromatic rings. The summed E-state index contributed by atoms with van der Waals surface area (Å²) in [7, 11) is 0. The minimum Gasteiger partial charge on any atom is -0.382 e. The zero-order chi connectivity index (χ0) is 17.2. The van der Waals surface area contributed by atoms with Gasteiger partial charge in [0.15, 0.2) is 0 Å². The Bertz CT molecular complexity index is 1030. The van der Waals surface area contributed by atoms with Gasteiger partial charge in [-0.3, -0.25) is 9.59 Å². The van der Waals surface area contributed by atoms with Crippen LogP contribution in [0, 0.1) is 0 Å². The maximum absolute atomic E-state index is 12.4. The monoisotopic (exact) mass is 334 g/mol. The fourth-order valence-electron chi connectivity index (χ4n) is 2.69. The van der Waals surface area contributed by atoms with Gasteiger partial charge in [-0.05, 0) is 23.8 Å². The van der Waals surface area contributed by atoms with Gasteiger partial charge in [0.25, 0.3) is 11.5 Å². The van der Waals surface area contributed by atoms with Gasteiger partial charge in [0.1, 0.15) is 0 Å². The first kappa shape index (κ1) is 15.1. The minimum absolute atomic E-state index is 0.257. The number of aromatic nitrogens is 2. The number of hydrogen-bond donors (Lipinski definition) is 2. The first-order valence-electron chi connectivity index (χ1n) is 7.77. The van der Waals surface area contributed by atoms with E-state index in [1.54, 1.807) is 18.2 Å². The van der Waals surface area contributed by atoms with Gasteiger partial charge in [-0.25, -0.2) is 4.98 Å². The third-order valence-corrected chi connectivity index (χ3v) is 3.98. The molecule has 4 rings (SSSR count). The highest BCUT2D eigenvalue weighted by atomic mass is 16.6. The number of H-pyrrole nitrogens is 1. The van der Waals surface area contributed by atoms with E-state index in [1.165, 1.54) is 6.33 Å². The Kier molecular flexibility index (Phi) is 3.74. The standard InChI is InChI=1S/C18H14N4O3/c23-17-13-8-12(6-7-14(13)19-10-20-17)21-18(24)16-9-15(22-25-16)11-4-2-1-3-5-11/h1-8,10,16H,9H2,(H,21,24)(H,19,20,23)/t16-/m0/s1. The summed E-state index contributed by atoms with van der Waals surface area (Å²) in [6.07, 6.45) is 1.04. The van der Waals surface area contributed by atoms with Crippen molar-refractivity contribution in [2.75, 3.05) is 5.32 Å². The molecule has 0 unspecified atom stereocenters. The summed E-state index contributed by atoms with van der Waals surface area (Å²) in [5, 5.41) is 7.17. The predicted molar refractivity (Wildman–Crippen MR) is 93.5 cm³/mol. The molecular formula is C18H14N4O3. The lowest BCUT2D eigenvalue weighted by molar-refractivity contribution is -0.125. The van der Waals surface area contributed by atoms with Crippen molar-refractivity contribution in [1.82, 2.24) is 9.97 Å². The van der Waals surface area contributed by atoms with Crippen LogP contribution in [0.3, 0.4) is 0 Å². The van der Waals surface area contributed by atoms with Crippen molar-refractivity contribution in [2.45, 2.75) is 12.5 Å². The highest BCUT2D eigenvalue weighted by Crippen LogP contribution is 2.19. The molecule has 0 aliphatic carbocycles. The van der Waals surface area contributed by atoms with Gasteiger partial charge in [-0.2, -0.15) is 0 Å². The molecule has 1 aromatic heterocycles. The fraction of sp³-hybridized carbons (Fsp3) is 0.111. The first-order chi connectivity index (χ1) is 12.2. The normalized spacial score (nSPS) is 16.3. The van der Waals surface area contributed by atoms with Gasteiger partial charge >= 0.3 is 0 Å². The Morgan fingerprint density at radius 3 is 2.88 bits per heavy atom. The largest absolute Gasteiger partial charge is 0.382 e. The molecule has 1 atom stereocenters. The molecule has 0 radical (unpaired) electrons. The Morgan fingerprint density at radius 1 is 1.20 bits per heavy atom. The molecule has 2 heterocycles. The van der Waals surface area contributed by atoms with E-state index < -0.39 is 6.10 Å². The first-order valence-corrected chi connectivity index (χ1v) is 7.77. The Balaban J connectivity index is 1.48. The van der Waals surface area contributed by atoms with Crippen molar-refractivity contribution in [1.29, 1.82) is 0 Å². The molecule has 0 saturated heterocycles. The van der Waals surface area contributed by atoms with Crippen molar-refractivity contribution in [3.8, 4) is 0 Å². The van der Waals surface area contributed by atoms with Gasteiger partial charge in [-0.1, -0.05) is 35.5 Å². The quantitative estimate of drug-likeness (QED) is 0.766. The summed E-state index contributed by atoms with van der Waals surface area (Å²) in [5.41, 5.74) is 2.48. The smallest absolute Gasteiger partial charge is 0.268 e. The molecule has 0 fully saturated rings. The minimum atomic E-state index is -0.696. The van der Waals surface area contributed by atoms with Crippen LogP contribution in [0.2, 0.25) is 0 Å². The number of benzene rings is 2.